The molecule has 1 amide bonds. The summed E-state index contributed by atoms with van der Waals surface area (Å²) in [6.45, 7) is 7.09. The number of aryl methyl sites for hydroxylation is 3. The fraction of sp³-hybridized carbons (Fsp3) is 0.533. The lowest BCUT2D eigenvalue weighted by Crippen LogP contribution is -2.41. The number of hydrogen-bond donors (Lipinski definition) is 0. The van der Waals surface area contributed by atoms with E-state index < -0.39 is 0 Å². The van der Waals surface area contributed by atoms with Gasteiger partial charge >= 0.3 is 0 Å². The van der Waals surface area contributed by atoms with E-state index in [4.69, 9.17) is 0 Å². The molecule has 0 saturated carbocycles. The maximum absolute atomic E-state index is 12.7. The normalized spacial score (nSPS) is 18.5. The van der Waals surface area contributed by atoms with Gasteiger partial charge in [0.1, 0.15) is 18.0 Å². The fourth-order valence-corrected chi connectivity index (χ4v) is 2.99. The first-order chi connectivity index (χ1) is 10.6. The predicted octanol–water partition coefficient (Wildman–Crippen LogP) is 1.47. The number of piperidine rings is 1. The third-order valence-electron chi connectivity index (χ3n) is 4.08. The summed E-state index contributed by atoms with van der Waals surface area (Å²) < 4.78 is 1.95. The van der Waals surface area contributed by atoms with E-state index in [2.05, 4.69) is 20.1 Å². The average Bonchev–Trinajstić information content (AvgIpc) is 2.86. The van der Waals surface area contributed by atoms with Crippen molar-refractivity contribution in [3.8, 4) is 0 Å². The SMILES string of the molecule is Cc1nc(C)n(C2CCCN(C(=O)c3cncnc3C)C2)n1. The molecule has 0 N–H and O–H groups in total. The molecule has 2 aromatic rings. The van der Waals surface area contributed by atoms with E-state index in [1.807, 2.05) is 30.4 Å². The van der Waals surface area contributed by atoms with Crippen LogP contribution in [0.4, 0.5) is 0 Å². The molecule has 7 nitrogen and oxygen atoms in total. The molecule has 0 aliphatic carbocycles. The van der Waals surface area contributed by atoms with Gasteiger partial charge in [0.05, 0.1) is 17.3 Å². The van der Waals surface area contributed by atoms with Crippen molar-refractivity contribution in [3.05, 3.63) is 35.4 Å². The molecule has 0 radical (unpaired) electrons. The predicted molar refractivity (Wildman–Crippen MR) is 80.4 cm³/mol. The smallest absolute Gasteiger partial charge is 0.257 e. The Bertz CT molecular complexity index is 695. The molecule has 7 heteroatoms. The molecule has 1 aliphatic rings. The number of carbonyl (C=O) groups is 1. The number of amides is 1. The zero-order chi connectivity index (χ0) is 15.7. The van der Waals surface area contributed by atoms with Crippen molar-refractivity contribution in [1.82, 2.24) is 29.6 Å². The van der Waals surface area contributed by atoms with Gasteiger partial charge < -0.3 is 4.90 Å². The molecule has 22 heavy (non-hydrogen) atoms. The molecule has 1 saturated heterocycles. The van der Waals surface area contributed by atoms with E-state index in [0.717, 1.165) is 36.7 Å². The minimum absolute atomic E-state index is 0.00251. The summed E-state index contributed by atoms with van der Waals surface area (Å²) in [5, 5.41) is 4.46. The van der Waals surface area contributed by atoms with Crippen molar-refractivity contribution in [2.24, 2.45) is 0 Å². The monoisotopic (exact) mass is 300 g/mol. The van der Waals surface area contributed by atoms with E-state index in [1.54, 1.807) is 6.20 Å². The van der Waals surface area contributed by atoms with Gasteiger partial charge in [-0.2, -0.15) is 5.10 Å². The Hall–Kier alpha value is -2.31. The molecule has 1 fully saturated rings. The van der Waals surface area contributed by atoms with Gasteiger partial charge in [0, 0.05) is 19.3 Å². The van der Waals surface area contributed by atoms with Gasteiger partial charge in [-0.25, -0.2) is 19.6 Å². The van der Waals surface area contributed by atoms with Crippen molar-refractivity contribution >= 4 is 5.91 Å². The van der Waals surface area contributed by atoms with Crippen LogP contribution in [0.5, 0.6) is 0 Å². The van der Waals surface area contributed by atoms with Crippen molar-refractivity contribution < 1.29 is 4.79 Å². The highest BCUT2D eigenvalue weighted by molar-refractivity contribution is 5.94. The van der Waals surface area contributed by atoms with Crippen LogP contribution < -0.4 is 0 Å². The number of rotatable bonds is 2. The molecule has 116 valence electrons. The minimum Gasteiger partial charge on any atom is -0.336 e. The quantitative estimate of drug-likeness (QED) is 0.839. The second-order valence-corrected chi connectivity index (χ2v) is 5.72. The van der Waals surface area contributed by atoms with Gasteiger partial charge in [0.25, 0.3) is 5.91 Å². The van der Waals surface area contributed by atoms with Crippen LogP contribution in [-0.4, -0.2) is 48.6 Å². The topological polar surface area (TPSA) is 76.8 Å². The van der Waals surface area contributed by atoms with Crippen LogP contribution in [0.15, 0.2) is 12.5 Å². The maximum atomic E-state index is 12.7. The Morgan fingerprint density at radius 1 is 1.32 bits per heavy atom. The number of nitrogens with zero attached hydrogens (tertiary/aromatic N) is 6. The molecule has 0 spiro atoms. The van der Waals surface area contributed by atoms with Crippen molar-refractivity contribution in [1.29, 1.82) is 0 Å². The number of carbonyl (C=O) groups excluding carboxylic acids is 1. The Morgan fingerprint density at radius 3 is 2.82 bits per heavy atom. The maximum Gasteiger partial charge on any atom is 0.257 e. The second-order valence-electron chi connectivity index (χ2n) is 5.72. The lowest BCUT2D eigenvalue weighted by molar-refractivity contribution is 0.0669. The molecule has 2 aromatic heterocycles. The van der Waals surface area contributed by atoms with Gasteiger partial charge in [0.15, 0.2) is 0 Å². The van der Waals surface area contributed by atoms with Gasteiger partial charge in [-0.15, -0.1) is 0 Å². The highest BCUT2D eigenvalue weighted by Gasteiger charge is 2.28. The third-order valence-corrected chi connectivity index (χ3v) is 4.08. The molecular weight excluding hydrogens is 280 g/mol. The summed E-state index contributed by atoms with van der Waals surface area (Å²) in [6.07, 6.45) is 5.03. The van der Waals surface area contributed by atoms with E-state index >= 15 is 0 Å². The second kappa shape index (κ2) is 5.82. The molecular formula is C15H20N6O. The van der Waals surface area contributed by atoms with E-state index in [9.17, 15) is 4.79 Å². The van der Waals surface area contributed by atoms with Crippen LogP contribution in [0.2, 0.25) is 0 Å². The highest BCUT2D eigenvalue weighted by atomic mass is 16.2. The first-order valence-corrected chi connectivity index (χ1v) is 7.52. The van der Waals surface area contributed by atoms with Crippen LogP contribution in [-0.2, 0) is 0 Å². The van der Waals surface area contributed by atoms with Crippen LogP contribution >= 0.6 is 0 Å². The summed E-state index contributed by atoms with van der Waals surface area (Å²) in [6, 6.07) is 0.184. The lowest BCUT2D eigenvalue weighted by Gasteiger charge is -2.33. The molecule has 3 heterocycles. The van der Waals surface area contributed by atoms with Crippen molar-refractivity contribution in [2.75, 3.05) is 13.1 Å². The third kappa shape index (κ3) is 2.70. The lowest BCUT2D eigenvalue weighted by atomic mass is 10.0. The summed E-state index contributed by atoms with van der Waals surface area (Å²) in [5.41, 5.74) is 1.30. The zero-order valence-corrected chi connectivity index (χ0v) is 13.2. The van der Waals surface area contributed by atoms with E-state index in [-0.39, 0.29) is 11.9 Å². The highest BCUT2D eigenvalue weighted by Crippen LogP contribution is 2.23. The van der Waals surface area contributed by atoms with Crippen LogP contribution in [0.1, 0.15) is 46.6 Å². The number of hydrogen-bond acceptors (Lipinski definition) is 5. The molecule has 1 aliphatic heterocycles. The van der Waals surface area contributed by atoms with Crippen LogP contribution in [0.25, 0.3) is 0 Å². The fourth-order valence-electron chi connectivity index (χ4n) is 2.99. The minimum atomic E-state index is -0.00251. The number of likely N-dealkylation sites (tertiary alicyclic amines) is 1. The van der Waals surface area contributed by atoms with Gasteiger partial charge in [-0.3, -0.25) is 4.79 Å². The van der Waals surface area contributed by atoms with E-state index in [1.165, 1.54) is 6.33 Å². The van der Waals surface area contributed by atoms with Crippen LogP contribution in [0.3, 0.4) is 0 Å². The van der Waals surface area contributed by atoms with Gasteiger partial charge in [-0.1, -0.05) is 0 Å². The Morgan fingerprint density at radius 2 is 2.14 bits per heavy atom. The Kier molecular flexibility index (Phi) is 3.87. The summed E-state index contributed by atoms with van der Waals surface area (Å²) >= 11 is 0. The van der Waals surface area contributed by atoms with Crippen molar-refractivity contribution in [3.63, 3.8) is 0 Å². The molecule has 1 atom stereocenters. The first-order valence-electron chi connectivity index (χ1n) is 7.52. The summed E-state index contributed by atoms with van der Waals surface area (Å²) in [5.74, 6) is 1.67. The summed E-state index contributed by atoms with van der Waals surface area (Å²) in [4.78, 5) is 27.0. The Labute approximate surface area is 129 Å². The largest absolute Gasteiger partial charge is 0.336 e. The van der Waals surface area contributed by atoms with E-state index in [0.29, 0.717) is 12.1 Å². The molecule has 0 bridgehead atoms. The molecule has 0 aromatic carbocycles. The van der Waals surface area contributed by atoms with Gasteiger partial charge in [0.2, 0.25) is 0 Å². The Balaban J connectivity index is 1.80. The van der Waals surface area contributed by atoms with Crippen LogP contribution in [0, 0.1) is 20.8 Å². The first kappa shape index (κ1) is 14.6. The summed E-state index contributed by atoms with van der Waals surface area (Å²) in [7, 11) is 0. The standard InChI is InChI=1S/C15H20N6O/c1-10-14(7-16-9-17-10)15(22)20-6-4-5-13(8-20)21-12(3)18-11(2)19-21/h7,9,13H,4-6,8H2,1-3H3. The number of aromatic nitrogens is 5. The van der Waals surface area contributed by atoms with Crippen molar-refractivity contribution in [2.45, 2.75) is 39.7 Å². The van der Waals surface area contributed by atoms with Gasteiger partial charge in [-0.05, 0) is 33.6 Å². The molecule has 3 rings (SSSR count). The average molecular weight is 300 g/mol. The zero-order valence-electron chi connectivity index (χ0n) is 13.2. The molecule has 1 unspecified atom stereocenters.